The van der Waals surface area contributed by atoms with E-state index in [1.165, 1.54) is 25.3 Å². The van der Waals surface area contributed by atoms with Crippen LogP contribution in [0.1, 0.15) is 10.4 Å². The molecule has 0 aromatic heterocycles. The highest BCUT2D eigenvalue weighted by Gasteiger charge is 2.11. The van der Waals surface area contributed by atoms with E-state index < -0.39 is 5.82 Å². The van der Waals surface area contributed by atoms with Crippen molar-refractivity contribution in [2.45, 2.75) is 0 Å². The van der Waals surface area contributed by atoms with E-state index in [0.717, 1.165) is 5.69 Å². The van der Waals surface area contributed by atoms with Crippen molar-refractivity contribution in [2.75, 3.05) is 31.4 Å². The predicted octanol–water partition coefficient (Wildman–Crippen LogP) is 3.15. The van der Waals surface area contributed by atoms with Crippen LogP contribution in [0.3, 0.4) is 0 Å². The maximum Gasteiger partial charge on any atom is 0.255 e. The number of carbonyl (C=O) groups excluding carboxylic acids is 1. The number of rotatable bonds is 4. The molecule has 0 aliphatic heterocycles. The van der Waals surface area contributed by atoms with Gasteiger partial charge in [-0.3, -0.25) is 4.79 Å². The molecule has 2 aromatic carbocycles. The lowest BCUT2D eigenvalue weighted by Crippen LogP contribution is -2.14. The zero-order valence-corrected chi connectivity index (χ0v) is 12.2. The number of hydrogen-bond acceptors (Lipinski definition) is 3. The van der Waals surface area contributed by atoms with E-state index in [-0.39, 0.29) is 5.91 Å². The number of nitrogens with one attached hydrogen (secondary N) is 1. The number of amides is 1. The van der Waals surface area contributed by atoms with Crippen LogP contribution in [0.15, 0.2) is 42.5 Å². The van der Waals surface area contributed by atoms with Gasteiger partial charge in [0.2, 0.25) is 0 Å². The number of carbonyl (C=O) groups is 1. The Morgan fingerprint density at radius 2 is 1.81 bits per heavy atom. The molecule has 5 heteroatoms. The van der Waals surface area contributed by atoms with Crippen LogP contribution >= 0.6 is 0 Å². The quantitative estimate of drug-likeness (QED) is 0.939. The molecule has 1 N–H and O–H groups in total. The van der Waals surface area contributed by atoms with Gasteiger partial charge in [0, 0.05) is 31.4 Å². The number of benzene rings is 2. The minimum Gasteiger partial charge on any atom is -0.495 e. The number of nitrogens with zero attached hydrogens (tertiary/aromatic N) is 1. The molecule has 0 saturated heterocycles. The van der Waals surface area contributed by atoms with Crippen molar-refractivity contribution in [1.82, 2.24) is 0 Å². The first kappa shape index (κ1) is 14.8. The van der Waals surface area contributed by atoms with Crippen LogP contribution in [-0.2, 0) is 0 Å². The maximum absolute atomic E-state index is 13.3. The lowest BCUT2D eigenvalue weighted by atomic mass is 10.1. The summed E-state index contributed by atoms with van der Waals surface area (Å²) in [6.07, 6.45) is 0. The van der Waals surface area contributed by atoms with Crippen molar-refractivity contribution in [3.63, 3.8) is 0 Å². The van der Waals surface area contributed by atoms with Gasteiger partial charge in [-0.25, -0.2) is 4.39 Å². The molecular weight excluding hydrogens is 271 g/mol. The first-order valence-electron chi connectivity index (χ1n) is 6.43. The Balaban J connectivity index is 2.19. The fraction of sp³-hybridized carbons (Fsp3) is 0.188. The first-order valence-corrected chi connectivity index (χ1v) is 6.43. The minimum atomic E-state index is -0.436. The zero-order valence-electron chi connectivity index (χ0n) is 12.2. The minimum absolute atomic E-state index is 0.305. The van der Waals surface area contributed by atoms with Crippen molar-refractivity contribution in [2.24, 2.45) is 0 Å². The molecule has 21 heavy (non-hydrogen) atoms. The molecule has 0 radical (unpaired) electrons. The van der Waals surface area contributed by atoms with E-state index in [4.69, 9.17) is 4.74 Å². The van der Waals surface area contributed by atoms with Gasteiger partial charge in [0.1, 0.15) is 11.6 Å². The Bertz CT molecular complexity index is 639. The molecule has 0 heterocycles. The van der Waals surface area contributed by atoms with Gasteiger partial charge in [0.15, 0.2) is 0 Å². The van der Waals surface area contributed by atoms with Gasteiger partial charge >= 0.3 is 0 Å². The second kappa shape index (κ2) is 6.26. The molecule has 0 atom stereocenters. The predicted molar refractivity (Wildman–Crippen MR) is 81.7 cm³/mol. The zero-order chi connectivity index (χ0) is 15.4. The summed E-state index contributed by atoms with van der Waals surface area (Å²) in [4.78, 5) is 14.1. The average molecular weight is 288 g/mol. The molecule has 4 nitrogen and oxygen atoms in total. The van der Waals surface area contributed by atoms with Crippen molar-refractivity contribution in [3.8, 4) is 5.75 Å². The van der Waals surface area contributed by atoms with Crippen molar-refractivity contribution in [1.29, 1.82) is 0 Å². The van der Waals surface area contributed by atoms with E-state index in [2.05, 4.69) is 5.32 Å². The van der Waals surface area contributed by atoms with E-state index in [1.54, 1.807) is 12.1 Å². The third-order valence-corrected chi connectivity index (χ3v) is 3.06. The van der Waals surface area contributed by atoms with E-state index >= 15 is 0 Å². The third kappa shape index (κ3) is 3.51. The van der Waals surface area contributed by atoms with Crippen LogP contribution in [0, 0.1) is 5.82 Å². The monoisotopic (exact) mass is 288 g/mol. The van der Waals surface area contributed by atoms with Crippen LogP contribution < -0.4 is 15.0 Å². The normalized spacial score (nSPS) is 10.1. The molecule has 0 unspecified atom stereocenters. The van der Waals surface area contributed by atoms with Crippen LogP contribution in [0.4, 0.5) is 15.8 Å². The van der Waals surface area contributed by atoms with Crippen molar-refractivity contribution < 1.29 is 13.9 Å². The Morgan fingerprint density at radius 1 is 1.14 bits per heavy atom. The molecule has 2 rings (SSSR count). The standard InChI is InChI=1S/C16H17FN2O2/c1-19(2)13-7-4-11(5-8-13)16(20)18-14-10-12(17)6-9-15(14)21-3/h4-10H,1-3H3,(H,18,20). The van der Waals surface area contributed by atoms with Gasteiger partial charge in [-0.2, -0.15) is 0 Å². The summed E-state index contributed by atoms with van der Waals surface area (Å²) in [6.45, 7) is 0. The summed E-state index contributed by atoms with van der Waals surface area (Å²) in [5, 5.41) is 2.65. The molecule has 2 aromatic rings. The van der Waals surface area contributed by atoms with Gasteiger partial charge in [-0.1, -0.05) is 0 Å². The highest BCUT2D eigenvalue weighted by Crippen LogP contribution is 2.25. The molecule has 110 valence electrons. The number of ether oxygens (including phenoxy) is 1. The molecule has 0 bridgehead atoms. The van der Waals surface area contributed by atoms with Crippen LogP contribution in [0.5, 0.6) is 5.75 Å². The van der Waals surface area contributed by atoms with Gasteiger partial charge in [0.25, 0.3) is 5.91 Å². The average Bonchev–Trinajstić information content (AvgIpc) is 2.47. The molecular formula is C16H17FN2O2. The summed E-state index contributed by atoms with van der Waals surface area (Å²) in [7, 11) is 5.31. The molecule has 0 aliphatic rings. The van der Waals surface area contributed by atoms with E-state index in [9.17, 15) is 9.18 Å². The largest absolute Gasteiger partial charge is 0.495 e. The third-order valence-electron chi connectivity index (χ3n) is 3.06. The smallest absolute Gasteiger partial charge is 0.255 e. The summed E-state index contributed by atoms with van der Waals surface area (Å²) in [5.41, 5.74) is 1.79. The number of halogens is 1. The second-order valence-corrected chi connectivity index (χ2v) is 4.74. The molecule has 0 fully saturated rings. The molecule has 0 aliphatic carbocycles. The van der Waals surface area contributed by atoms with Crippen LogP contribution in [0.2, 0.25) is 0 Å². The van der Waals surface area contributed by atoms with Gasteiger partial charge in [-0.15, -0.1) is 0 Å². The summed E-state index contributed by atoms with van der Waals surface area (Å²) in [5.74, 6) is -0.340. The fourth-order valence-electron chi connectivity index (χ4n) is 1.88. The Morgan fingerprint density at radius 3 is 2.38 bits per heavy atom. The lowest BCUT2D eigenvalue weighted by molar-refractivity contribution is 0.102. The summed E-state index contributed by atoms with van der Waals surface area (Å²) in [6, 6.07) is 11.1. The first-order chi connectivity index (χ1) is 10.0. The Labute approximate surface area is 123 Å². The Kier molecular flexibility index (Phi) is 4.42. The van der Waals surface area contributed by atoms with Crippen LogP contribution in [-0.4, -0.2) is 27.1 Å². The summed E-state index contributed by atoms with van der Waals surface area (Å²) >= 11 is 0. The Hall–Kier alpha value is -2.56. The fourth-order valence-corrected chi connectivity index (χ4v) is 1.88. The molecule has 1 amide bonds. The van der Waals surface area contributed by atoms with Gasteiger partial charge in [-0.05, 0) is 36.4 Å². The number of hydrogen-bond donors (Lipinski definition) is 1. The maximum atomic E-state index is 13.3. The SMILES string of the molecule is COc1ccc(F)cc1NC(=O)c1ccc(N(C)C)cc1. The van der Waals surface area contributed by atoms with Gasteiger partial charge in [0.05, 0.1) is 12.8 Å². The molecule has 0 spiro atoms. The number of methoxy groups -OCH3 is 1. The van der Waals surface area contributed by atoms with E-state index in [0.29, 0.717) is 17.0 Å². The number of anilines is 2. The van der Waals surface area contributed by atoms with Crippen molar-refractivity contribution in [3.05, 3.63) is 53.8 Å². The second-order valence-electron chi connectivity index (χ2n) is 4.74. The van der Waals surface area contributed by atoms with Crippen LogP contribution in [0.25, 0.3) is 0 Å². The highest BCUT2D eigenvalue weighted by molar-refractivity contribution is 6.05. The highest BCUT2D eigenvalue weighted by atomic mass is 19.1. The van der Waals surface area contributed by atoms with Gasteiger partial charge < -0.3 is 15.0 Å². The lowest BCUT2D eigenvalue weighted by Gasteiger charge is -2.13. The topological polar surface area (TPSA) is 41.6 Å². The molecule has 0 saturated carbocycles. The van der Waals surface area contributed by atoms with E-state index in [1.807, 2.05) is 31.1 Å². The summed E-state index contributed by atoms with van der Waals surface area (Å²) < 4.78 is 18.4. The van der Waals surface area contributed by atoms with Crippen molar-refractivity contribution >= 4 is 17.3 Å².